The van der Waals surface area contributed by atoms with E-state index in [2.05, 4.69) is 10.6 Å². The number of hydrogen-bond acceptors (Lipinski definition) is 4. The third kappa shape index (κ3) is 4.01. The van der Waals surface area contributed by atoms with Gasteiger partial charge in [0, 0.05) is 12.1 Å². The highest BCUT2D eigenvalue weighted by Crippen LogP contribution is 2.23. The monoisotopic (exact) mass is 272 g/mol. The maximum Gasteiger partial charge on any atom is 0.338 e. The molecule has 2 amide bonds. The smallest absolute Gasteiger partial charge is 0.338 e. The first-order chi connectivity index (χ1) is 8.35. The van der Waals surface area contributed by atoms with Gasteiger partial charge in [-0.1, -0.05) is 0 Å². The SMILES string of the molecule is CC(C)(CCO)NC(=O)Nc1sccc1C(=O)O. The van der Waals surface area contributed by atoms with Gasteiger partial charge in [0.1, 0.15) is 5.00 Å². The summed E-state index contributed by atoms with van der Waals surface area (Å²) in [6.07, 6.45) is 0.413. The predicted octanol–water partition coefficient (Wildman–Crippen LogP) is 1.73. The van der Waals surface area contributed by atoms with Crippen LogP contribution in [0.5, 0.6) is 0 Å². The van der Waals surface area contributed by atoms with Crippen molar-refractivity contribution in [1.29, 1.82) is 0 Å². The molecule has 0 fully saturated rings. The Labute approximate surface area is 109 Å². The van der Waals surface area contributed by atoms with Gasteiger partial charge in [0.2, 0.25) is 0 Å². The molecule has 0 aliphatic heterocycles. The van der Waals surface area contributed by atoms with E-state index in [0.29, 0.717) is 11.4 Å². The Kier molecular flexibility index (Phi) is 4.69. The lowest BCUT2D eigenvalue weighted by Crippen LogP contribution is -2.46. The van der Waals surface area contributed by atoms with E-state index < -0.39 is 17.5 Å². The lowest BCUT2D eigenvalue weighted by atomic mass is 10.0. The molecule has 100 valence electrons. The molecule has 4 N–H and O–H groups in total. The molecule has 0 spiro atoms. The highest BCUT2D eigenvalue weighted by molar-refractivity contribution is 7.14. The Balaban J connectivity index is 2.65. The summed E-state index contributed by atoms with van der Waals surface area (Å²) >= 11 is 1.14. The molecule has 18 heavy (non-hydrogen) atoms. The lowest BCUT2D eigenvalue weighted by molar-refractivity contribution is 0.0698. The van der Waals surface area contributed by atoms with Gasteiger partial charge in [-0.3, -0.25) is 5.32 Å². The molecule has 7 heteroatoms. The maximum absolute atomic E-state index is 11.7. The first-order valence-electron chi connectivity index (χ1n) is 5.36. The van der Waals surface area contributed by atoms with Crippen molar-refractivity contribution in [2.45, 2.75) is 25.8 Å². The molecule has 1 heterocycles. The van der Waals surface area contributed by atoms with E-state index in [1.807, 2.05) is 0 Å². The van der Waals surface area contributed by atoms with Crippen molar-refractivity contribution in [3.63, 3.8) is 0 Å². The van der Waals surface area contributed by atoms with E-state index in [0.717, 1.165) is 11.3 Å². The first kappa shape index (κ1) is 14.5. The largest absolute Gasteiger partial charge is 0.478 e. The molecule has 0 atom stereocenters. The average molecular weight is 272 g/mol. The number of anilines is 1. The van der Waals surface area contributed by atoms with E-state index in [4.69, 9.17) is 10.2 Å². The number of carboxylic acid groups (broad SMARTS) is 1. The van der Waals surface area contributed by atoms with E-state index in [1.54, 1.807) is 19.2 Å². The Hall–Kier alpha value is -1.60. The van der Waals surface area contributed by atoms with Crippen molar-refractivity contribution in [1.82, 2.24) is 5.32 Å². The number of amides is 2. The number of carbonyl (C=O) groups is 2. The highest BCUT2D eigenvalue weighted by Gasteiger charge is 2.21. The zero-order valence-corrected chi connectivity index (χ0v) is 11.0. The summed E-state index contributed by atoms with van der Waals surface area (Å²) in [5.74, 6) is -1.08. The van der Waals surface area contributed by atoms with Crippen molar-refractivity contribution in [3.8, 4) is 0 Å². The maximum atomic E-state index is 11.7. The Bertz CT molecular complexity index is 442. The van der Waals surface area contributed by atoms with E-state index in [9.17, 15) is 9.59 Å². The lowest BCUT2D eigenvalue weighted by Gasteiger charge is -2.25. The molecule has 0 aliphatic rings. The summed E-state index contributed by atoms with van der Waals surface area (Å²) in [6.45, 7) is 3.51. The van der Waals surface area contributed by atoms with Gasteiger partial charge in [-0.25, -0.2) is 9.59 Å². The molecular weight excluding hydrogens is 256 g/mol. The van der Waals surface area contributed by atoms with Gasteiger partial charge < -0.3 is 15.5 Å². The molecule has 0 saturated heterocycles. The topological polar surface area (TPSA) is 98.7 Å². The highest BCUT2D eigenvalue weighted by atomic mass is 32.1. The normalized spacial score (nSPS) is 11.1. The molecule has 0 aromatic carbocycles. The zero-order chi connectivity index (χ0) is 13.8. The van der Waals surface area contributed by atoms with Crippen molar-refractivity contribution in [2.24, 2.45) is 0 Å². The van der Waals surface area contributed by atoms with E-state index >= 15 is 0 Å². The minimum atomic E-state index is -1.08. The van der Waals surface area contributed by atoms with E-state index in [-0.39, 0.29) is 12.2 Å². The molecular formula is C11H16N2O4S. The molecule has 1 aromatic heterocycles. The summed E-state index contributed by atoms with van der Waals surface area (Å²) in [5, 5.41) is 24.8. The predicted molar refractivity (Wildman–Crippen MR) is 69.2 cm³/mol. The van der Waals surface area contributed by atoms with Crippen LogP contribution in [0.3, 0.4) is 0 Å². The zero-order valence-electron chi connectivity index (χ0n) is 10.2. The van der Waals surface area contributed by atoms with E-state index in [1.165, 1.54) is 6.07 Å². The van der Waals surface area contributed by atoms with Gasteiger partial charge in [0.15, 0.2) is 0 Å². The number of rotatable bonds is 5. The fourth-order valence-electron chi connectivity index (χ4n) is 1.36. The Morgan fingerprint density at radius 3 is 2.67 bits per heavy atom. The number of thiophene rings is 1. The summed E-state index contributed by atoms with van der Waals surface area (Å²) in [6, 6.07) is 0.944. The van der Waals surface area contributed by atoms with Gasteiger partial charge >= 0.3 is 12.0 Å². The molecule has 6 nitrogen and oxygen atoms in total. The number of carbonyl (C=O) groups excluding carboxylic acids is 1. The van der Waals surface area contributed by atoms with Crippen LogP contribution < -0.4 is 10.6 Å². The van der Waals surface area contributed by atoms with Crippen molar-refractivity contribution in [3.05, 3.63) is 17.0 Å². The van der Waals surface area contributed by atoms with Crippen LogP contribution in [0.4, 0.5) is 9.80 Å². The second-order valence-corrected chi connectivity index (χ2v) is 5.32. The minimum Gasteiger partial charge on any atom is -0.478 e. The number of carboxylic acids is 1. The van der Waals surface area contributed by atoms with Crippen LogP contribution in [0.25, 0.3) is 0 Å². The molecule has 0 bridgehead atoms. The second-order valence-electron chi connectivity index (χ2n) is 4.41. The molecule has 0 radical (unpaired) electrons. The number of hydrogen-bond donors (Lipinski definition) is 4. The number of aromatic carboxylic acids is 1. The summed E-state index contributed by atoms with van der Waals surface area (Å²) in [5.41, 5.74) is -0.491. The van der Waals surface area contributed by atoms with Crippen molar-refractivity contribution in [2.75, 3.05) is 11.9 Å². The molecule has 0 saturated carbocycles. The van der Waals surface area contributed by atoms with Gasteiger partial charge in [0.05, 0.1) is 5.56 Å². The number of aliphatic hydroxyl groups excluding tert-OH is 1. The van der Waals surface area contributed by atoms with Crippen LogP contribution in [0.2, 0.25) is 0 Å². The van der Waals surface area contributed by atoms with Crippen LogP contribution >= 0.6 is 11.3 Å². The number of urea groups is 1. The standard InChI is InChI=1S/C11H16N2O4S/c1-11(2,4-5-14)13-10(17)12-8-7(9(15)16)3-6-18-8/h3,6,14H,4-5H2,1-2H3,(H,15,16)(H2,12,13,17). The second kappa shape index (κ2) is 5.83. The van der Waals surface area contributed by atoms with Gasteiger partial charge in [-0.15, -0.1) is 11.3 Å². The third-order valence-electron chi connectivity index (χ3n) is 2.31. The van der Waals surface area contributed by atoms with Crippen LogP contribution in [0, 0.1) is 0 Å². The minimum absolute atomic E-state index is 0.0351. The van der Waals surface area contributed by atoms with Crippen LogP contribution in [-0.2, 0) is 0 Å². The van der Waals surface area contributed by atoms with Gasteiger partial charge in [-0.05, 0) is 31.7 Å². The molecule has 0 aliphatic carbocycles. The Morgan fingerprint density at radius 1 is 1.44 bits per heavy atom. The van der Waals surface area contributed by atoms with Crippen LogP contribution in [0.1, 0.15) is 30.6 Å². The van der Waals surface area contributed by atoms with Crippen molar-refractivity contribution >= 4 is 28.3 Å². The average Bonchev–Trinajstić information content (AvgIpc) is 2.64. The molecule has 0 unspecified atom stereocenters. The quantitative estimate of drug-likeness (QED) is 0.656. The summed E-state index contributed by atoms with van der Waals surface area (Å²) < 4.78 is 0. The van der Waals surface area contributed by atoms with Crippen LogP contribution in [0.15, 0.2) is 11.4 Å². The van der Waals surface area contributed by atoms with Crippen molar-refractivity contribution < 1.29 is 19.8 Å². The number of nitrogens with one attached hydrogen (secondary N) is 2. The fourth-order valence-corrected chi connectivity index (χ4v) is 2.13. The molecule has 1 aromatic rings. The third-order valence-corrected chi connectivity index (χ3v) is 3.14. The van der Waals surface area contributed by atoms with Crippen LogP contribution in [-0.4, -0.2) is 34.4 Å². The van der Waals surface area contributed by atoms with Gasteiger partial charge in [-0.2, -0.15) is 0 Å². The first-order valence-corrected chi connectivity index (χ1v) is 6.24. The number of aliphatic hydroxyl groups is 1. The molecule has 1 rings (SSSR count). The fraction of sp³-hybridized carbons (Fsp3) is 0.455. The summed E-state index contributed by atoms with van der Waals surface area (Å²) in [7, 11) is 0. The Morgan fingerprint density at radius 2 is 2.11 bits per heavy atom. The van der Waals surface area contributed by atoms with Gasteiger partial charge in [0.25, 0.3) is 0 Å². The summed E-state index contributed by atoms with van der Waals surface area (Å²) in [4.78, 5) is 22.5.